The summed E-state index contributed by atoms with van der Waals surface area (Å²) in [6, 6.07) is 10.8. The van der Waals surface area contributed by atoms with Crippen molar-refractivity contribution in [3.8, 4) is 11.5 Å². The molecule has 1 aliphatic rings. The van der Waals surface area contributed by atoms with Crippen LogP contribution in [-0.2, 0) is 6.54 Å². The highest BCUT2D eigenvalue weighted by atomic mass is 16.5. The van der Waals surface area contributed by atoms with Gasteiger partial charge in [-0.05, 0) is 37.3 Å². The maximum atomic E-state index is 12.5. The number of benzene rings is 2. The van der Waals surface area contributed by atoms with Gasteiger partial charge in [0.1, 0.15) is 5.52 Å². The number of nitrogens with zero attached hydrogens (tertiary/aromatic N) is 3. The first-order valence-corrected chi connectivity index (χ1v) is 8.29. The van der Waals surface area contributed by atoms with E-state index in [9.17, 15) is 4.79 Å². The third kappa shape index (κ3) is 3.00. The SMILES string of the molecule is CCn1nnc2cc(C(=O)Nc3ccc4c(c3)OCCCO4)ccc21. The third-order valence-corrected chi connectivity index (χ3v) is 4.08. The molecule has 3 aromatic rings. The van der Waals surface area contributed by atoms with Crippen LogP contribution in [0.3, 0.4) is 0 Å². The zero-order chi connectivity index (χ0) is 17.2. The smallest absolute Gasteiger partial charge is 0.255 e. The molecule has 0 unspecified atom stereocenters. The Bertz CT molecular complexity index is 935. The van der Waals surface area contributed by atoms with Crippen LogP contribution in [0.5, 0.6) is 11.5 Å². The van der Waals surface area contributed by atoms with E-state index in [1.807, 2.05) is 19.1 Å². The molecule has 1 amide bonds. The molecule has 0 spiro atoms. The van der Waals surface area contributed by atoms with Crippen molar-refractivity contribution in [1.29, 1.82) is 0 Å². The molecule has 25 heavy (non-hydrogen) atoms. The van der Waals surface area contributed by atoms with Crippen LogP contribution in [0, 0.1) is 0 Å². The Labute approximate surface area is 144 Å². The zero-order valence-corrected chi connectivity index (χ0v) is 13.9. The van der Waals surface area contributed by atoms with Crippen molar-refractivity contribution in [2.75, 3.05) is 18.5 Å². The van der Waals surface area contributed by atoms with Crippen molar-refractivity contribution in [1.82, 2.24) is 15.0 Å². The van der Waals surface area contributed by atoms with Gasteiger partial charge < -0.3 is 14.8 Å². The summed E-state index contributed by atoms with van der Waals surface area (Å²) in [4.78, 5) is 12.5. The summed E-state index contributed by atoms with van der Waals surface area (Å²) in [5, 5.41) is 11.0. The van der Waals surface area contributed by atoms with Gasteiger partial charge in [-0.25, -0.2) is 4.68 Å². The Morgan fingerprint density at radius 3 is 2.84 bits per heavy atom. The molecule has 1 aliphatic heterocycles. The molecule has 0 saturated heterocycles. The average molecular weight is 338 g/mol. The van der Waals surface area contributed by atoms with Crippen molar-refractivity contribution in [3.63, 3.8) is 0 Å². The van der Waals surface area contributed by atoms with Gasteiger partial charge in [0.05, 0.1) is 18.7 Å². The van der Waals surface area contributed by atoms with E-state index < -0.39 is 0 Å². The summed E-state index contributed by atoms with van der Waals surface area (Å²) in [7, 11) is 0. The van der Waals surface area contributed by atoms with Crippen molar-refractivity contribution in [2.45, 2.75) is 19.9 Å². The summed E-state index contributed by atoms with van der Waals surface area (Å²) in [6.45, 7) is 3.98. The van der Waals surface area contributed by atoms with E-state index in [2.05, 4.69) is 15.6 Å². The fourth-order valence-electron chi connectivity index (χ4n) is 2.79. The number of amides is 1. The van der Waals surface area contributed by atoms with Gasteiger partial charge in [-0.3, -0.25) is 4.79 Å². The summed E-state index contributed by atoms with van der Waals surface area (Å²) in [5.74, 6) is 1.15. The standard InChI is InChI=1S/C18H18N4O3/c1-2-22-15-6-4-12(10-14(15)20-21-22)18(23)19-13-5-7-16-17(11-13)25-9-3-8-24-16/h4-7,10-11H,2-3,8-9H2,1H3,(H,19,23). The molecule has 0 radical (unpaired) electrons. The van der Waals surface area contributed by atoms with Gasteiger partial charge in [0.15, 0.2) is 11.5 Å². The second kappa shape index (κ2) is 6.43. The van der Waals surface area contributed by atoms with Gasteiger partial charge >= 0.3 is 0 Å². The lowest BCUT2D eigenvalue weighted by atomic mass is 10.1. The number of ether oxygens (including phenoxy) is 2. The highest BCUT2D eigenvalue weighted by molar-refractivity contribution is 6.06. The molecule has 2 heterocycles. The third-order valence-electron chi connectivity index (χ3n) is 4.08. The molecule has 1 aromatic heterocycles. The fourth-order valence-corrected chi connectivity index (χ4v) is 2.79. The molecule has 1 N–H and O–H groups in total. The van der Waals surface area contributed by atoms with Gasteiger partial charge in [-0.1, -0.05) is 5.21 Å². The zero-order valence-electron chi connectivity index (χ0n) is 13.9. The molecule has 0 fully saturated rings. The first kappa shape index (κ1) is 15.4. The summed E-state index contributed by atoms with van der Waals surface area (Å²) < 4.78 is 13.0. The molecule has 128 valence electrons. The highest BCUT2D eigenvalue weighted by Gasteiger charge is 2.14. The number of nitrogens with one attached hydrogen (secondary N) is 1. The molecule has 0 saturated carbocycles. The lowest BCUT2D eigenvalue weighted by Gasteiger charge is -2.10. The molecular weight excluding hydrogens is 320 g/mol. The van der Waals surface area contributed by atoms with Crippen LogP contribution >= 0.6 is 0 Å². The normalized spacial score (nSPS) is 13.5. The summed E-state index contributed by atoms with van der Waals surface area (Å²) >= 11 is 0. The molecular formula is C18H18N4O3. The predicted molar refractivity (Wildman–Crippen MR) is 93.2 cm³/mol. The Morgan fingerprint density at radius 1 is 1.16 bits per heavy atom. The van der Waals surface area contributed by atoms with E-state index in [1.165, 1.54) is 0 Å². The lowest BCUT2D eigenvalue weighted by Crippen LogP contribution is -2.12. The van der Waals surface area contributed by atoms with Crippen molar-refractivity contribution < 1.29 is 14.3 Å². The number of rotatable bonds is 3. The van der Waals surface area contributed by atoms with E-state index in [-0.39, 0.29) is 5.91 Å². The average Bonchev–Trinajstić information content (AvgIpc) is 2.90. The quantitative estimate of drug-likeness (QED) is 0.794. The number of carbonyl (C=O) groups excluding carboxylic acids is 1. The fraction of sp³-hybridized carbons (Fsp3) is 0.278. The Kier molecular flexibility index (Phi) is 3.97. The Hall–Kier alpha value is -3.09. The number of anilines is 1. The largest absolute Gasteiger partial charge is 0.490 e. The molecule has 0 atom stereocenters. The van der Waals surface area contributed by atoms with E-state index in [0.29, 0.717) is 41.5 Å². The molecule has 0 aliphatic carbocycles. The number of hydrogen-bond donors (Lipinski definition) is 1. The second-order valence-electron chi connectivity index (χ2n) is 5.77. The van der Waals surface area contributed by atoms with Crippen LogP contribution in [0.1, 0.15) is 23.7 Å². The predicted octanol–water partition coefficient (Wildman–Crippen LogP) is 2.86. The van der Waals surface area contributed by atoms with Gasteiger partial charge in [-0.2, -0.15) is 0 Å². The van der Waals surface area contributed by atoms with Crippen LogP contribution < -0.4 is 14.8 Å². The van der Waals surface area contributed by atoms with Crippen LogP contribution in [0.15, 0.2) is 36.4 Å². The summed E-state index contributed by atoms with van der Waals surface area (Å²) in [6.07, 6.45) is 0.842. The first-order valence-electron chi connectivity index (χ1n) is 8.29. The van der Waals surface area contributed by atoms with Crippen molar-refractivity contribution in [2.24, 2.45) is 0 Å². The summed E-state index contributed by atoms with van der Waals surface area (Å²) in [5.41, 5.74) is 2.80. The number of carbonyl (C=O) groups is 1. The van der Waals surface area contributed by atoms with Gasteiger partial charge in [0, 0.05) is 30.3 Å². The molecule has 4 rings (SSSR count). The van der Waals surface area contributed by atoms with E-state index in [1.54, 1.807) is 28.9 Å². The second-order valence-corrected chi connectivity index (χ2v) is 5.77. The van der Waals surface area contributed by atoms with Crippen molar-refractivity contribution in [3.05, 3.63) is 42.0 Å². The van der Waals surface area contributed by atoms with Crippen LogP contribution in [0.25, 0.3) is 11.0 Å². The molecule has 7 nitrogen and oxygen atoms in total. The monoisotopic (exact) mass is 338 g/mol. The van der Waals surface area contributed by atoms with Gasteiger partial charge in [0.2, 0.25) is 0 Å². The molecule has 0 bridgehead atoms. The van der Waals surface area contributed by atoms with E-state index in [4.69, 9.17) is 9.47 Å². The Balaban J connectivity index is 1.56. The lowest BCUT2D eigenvalue weighted by molar-refractivity contribution is 0.102. The van der Waals surface area contributed by atoms with Gasteiger partial charge in [-0.15, -0.1) is 5.10 Å². The minimum atomic E-state index is -0.206. The molecule has 7 heteroatoms. The van der Waals surface area contributed by atoms with Crippen LogP contribution in [0.2, 0.25) is 0 Å². The number of fused-ring (bicyclic) bond motifs is 2. The van der Waals surface area contributed by atoms with Crippen LogP contribution in [-0.4, -0.2) is 34.1 Å². The van der Waals surface area contributed by atoms with E-state index in [0.717, 1.165) is 18.5 Å². The highest BCUT2D eigenvalue weighted by Crippen LogP contribution is 2.32. The van der Waals surface area contributed by atoms with E-state index >= 15 is 0 Å². The van der Waals surface area contributed by atoms with Crippen molar-refractivity contribution >= 4 is 22.6 Å². The minimum Gasteiger partial charge on any atom is -0.490 e. The van der Waals surface area contributed by atoms with Gasteiger partial charge in [0.25, 0.3) is 5.91 Å². The maximum absolute atomic E-state index is 12.5. The Morgan fingerprint density at radius 2 is 2.00 bits per heavy atom. The topological polar surface area (TPSA) is 78.3 Å². The molecule has 2 aromatic carbocycles. The number of aryl methyl sites for hydroxylation is 1. The minimum absolute atomic E-state index is 0.206. The maximum Gasteiger partial charge on any atom is 0.255 e. The number of hydrogen-bond acceptors (Lipinski definition) is 5. The number of aromatic nitrogens is 3. The first-order chi connectivity index (χ1) is 12.2. The van der Waals surface area contributed by atoms with Crippen LogP contribution in [0.4, 0.5) is 5.69 Å².